The fourth-order valence-corrected chi connectivity index (χ4v) is 1.39. The molecule has 1 N–H and O–H groups in total. The van der Waals surface area contributed by atoms with Gasteiger partial charge in [-0.2, -0.15) is 13.2 Å². The van der Waals surface area contributed by atoms with Gasteiger partial charge in [-0.15, -0.1) is 0 Å². The second-order valence-electron chi connectivity index (χ2n) is 3.67. The molecule has 7 heteroatoms. The summed E-state index contributed by atoms with van der Waals surface area (Å²) < 4.78 is 35.6. The number of aryl methyl sites for hydroxylation is 1. The third-order valence-corrected chi connectivity index (χ3v) is 2.30. The molecule has 1 aromatic heterocycles. The average Bonchev–Trinajstić information content (AvgIpc) is 2.21. The molecule has 0 saturated heterocycles. The maximum absolute atomic E-state index is 11.9. The Morgan fingerprint density at radius 3 is 2.71 bits per heavy atom. The van der Waals surface area contributed by atoms with E-state index in [4.69, 9.17) is 11.6 Å². The molecule has 0 fully saturated rings. The van der Waals surface area contributed by atoms with Crippen molar-refractivity contribution in [3.05, 3.63) is 17.0 Å². The van der Waals surface area contributed by atoms with Crippen molar-refractivity contribution in [1.29, 1.82) is 0 Å². The van der Waals surface area contributed by atoms with E-state index in [9.17, 15) is 13.2 Å². The van der Waals surface area contributed by atoms with Gasteiger partial charge in [-0.1, -0.05) is 0 Å². The van der Waals surface area contributed by atoms with Gasteiger partial charge in [-0.25, -0.2) is 9.97 Å². The van der Waals surface area contributed by atoms with E-state index in [-0.39, 0.29) is 11.7 Å². The third-order valence-electron chi connectivity index (χ3n) is 2.12. The van der Waals surface area contributed by atoms with Crippen LogP contribution in [-0.4, -0.2) is 22.7 Å². The van der Waals surface area contributed by atoms with Crippen molar-refractivity contribution >= 4 is 17.4 Å². The summed E-state index contributed by atoms with van der Waals surface area (Å²) in [6, 6.07) is 0. The summed E-state index contributed by atoms with van der Waals surface area (Å²) in [6.07, 6.45) is -2.73. The first kappa shape index (κ1) is 14.0. The largest absolute Gasteiger partial charge is 0.389 e. The van der Waals surface area contributed by atoms with Crippen LogP contribution >= 0.6 is 11.6 Å². The van der Waals surface area contributed by atoms with Crippen LogP contribution in [0.25, 0.3) is 0 Å². The highest BCUT2D eigenvalue weighted by Gasteiger charge is 2.25. The van der Waals surface area contributed by atoms with Crippen LogP contribution in [0.3, 0.4) is 0 Å². The molecule has 0 atom stereocenters. The van der Waals surface area contributed by atoms with Crippen molar-refractivity contribution in [2.24, 2.45) is 0 Å². The highest BCUT2D eigenvalue weighted by molar-refractivity contribution is 6.28. The molecule has 0 spiro atoms. The van der Waals surface area contributed by atoms with Crippen LogP contribution in [0.1, 0.15) is 24.8 Å². The van der Waals surface area contributed by atoms with Crippen LogP contribution in [-0.2, 0) is 0 Å². The minimum Gasteiger partial charge on any atom is -0.370 e. The number of anilines is 1. The second-order valence-corrected chi connectivity index (χ2v) is 4.01. The Morgan fingerprint density at radius 2 is 2.06 bits per heavy atom. The quantitative estimate of drug-likeness (QED) is 0.654. The van der Waals surface area contributed by atoms with E-state index >= 15 is 0 Å². The lowest BCUT2D eigenvalue weighted by Gasteiger charge is -2.09. The highest BCUT2D eigenvalue weighted by Crippen LogP contribution is 2.22. The first-order valence-electron chi connectivity index (χ1n) is 5.18. The molecule has 1 aromatic rings. The maximum atomic E-state index is 11.9. The van der Waals surface area contributed by atoms with Crippen LogP contribution in [0.4, 0.5) is 19.0 Å². The number of halogens is 4. The lowest BCUT2D eigenvalue weighted by atomic mass is 10.2. The number of aromatic nitrogens is 2. The number of hydrogen-bond donors (Lipinski definition) is 1. The minimum absolute atomic E-state index is 0.106. The Kier molecular flexibility index (Phi) is 4.99. The van der Waals surface area contributed by atoms with Crippen molar-refractivity contribution in [3.8, 4) is 0 Å². The zero-order chi connectivity index (χ0) is 12.9. The predicted molar refractivity (Wildman–Crippen MR) is 60.2 cm³/mol. The van der Waals surface area contributed by atoms with Gasteiger partial charge in [0.15, 0.2) is 0 Å². The molecule has 0 unspecified atom stereocenters. The van der Waals surface area contributed by atoms with Gasteiger partial charge in [0.05, 0.1) is 0 Å². The van der Waals surface area contributed by atoms with Crippen molar-refractivity contribution in [2.75, 3.05) is 11.9 Å². The second kappa shape index (κ2) is 6.05. The summed E-state index contributed by atoms with van der Waals surface area (Å²) in [4.78, 5) is 7.72. The van der Waals surface area contributed by atoms with Gasteiger partial charge >= 0.3 is 6.18 Å². The fourth-order valence-electron chi connectivity index (χ4n) is 1.26. The van der Waals surface area contributed by atoms with E-state index in [0.29, 0.717) is 18.8 Å². The Labute approximate surface area is 102 Å². The summed E-state index contributed by atoms with van der Waals surface area (Å²) in [5.74, 6) is 0.567. The van der Waals surface area contributed by atoms with Gasteiger partial charge < -0.3 is 5.32 Å². The van der Waals surface area contributed by atoms with Crippen molar-refractivity contribution in [1.82, 2.24) is 9.97 Å². The molecule has 0 aliphatic rings. The van der Waals surface area contributed by atoms with Gasteiger partial charge in [0, 0.05) is 24.7 Å². The van der Waals surface area contributed by atoms with Crippen molar-refractivity contribution in [3.63, 3.8) is 0 Å². The lowest BCUT2D eigenvalue weighted by Crippen LogP contribution is -2.09. The zero-order valence-corrected chi connectivity index (χ0v) is 10.1. The van der Waals surface area contributed by atoms with Crippen LogP contribution in [0.2, 0.25) is 5.28 Å². The highest BCUT2D eigenvalue weighted by atomic mass is 35.5. The Bertz CT molecular complexity index is 368. The third kappa shape index (κ3) is 5.72. The van der Waals surface area contributed by atoms with Gasteiger partial charge in [0.1, 0.15) is 5.82 Å². The van der Waals surface area contributed by atoms with E-state index in [1.54, 1.807) is 13.1 Å². The van der Waals surface area contributed by atoms with E-state index in [2.05, 4.69) is 15.3 Å². The van der Waals surface area contributed by atoms with E-state index < -0.39 is 12.6 Å². The zero-order valence-electron chi connectivity index (χ0n) is 9.31. The van der Waals surface area contributed by atoms with Crippen LogP contribution in [0, 0.1) is 6.92 Å². The molecule has 96 valence electrons. The minimum atomic E-state index is -4.08. The molecule has 0 aliphatic heterocycles. The first-order valence-corrected chi connectivity index (χ1v) is 5.56. The number of rotatable bonds is 5. The maximum Gasteiger partial charge on any atom is 0.389 e. The summed E-state index contributed by atoms with van der Waals surface area (Å²) in [7, 11) is 0. The van der Waals surface area contributed by atoms with Gasteiger partial charge in [0.25, 0.3) is 0 Å². The number of hydrogen-bond acceptors (Lipinski definition) is 3. The van der Waals surface area contributed by atoms with Crippen LogP contribution in [0.15, 0.2) is 6.20 Å². The van der Waals surface area contributed by atoms with Gasteiger partial charge in [-0.3, -0.25) is 0 Å². The molecule has 0 aromatic carbocycles. The van der Waals surface area contributed by atoms with E-state index in [0.717, 1.165) is 5.56 Å². The Morgan fingerprint density at radius 1 is 1.35 bits per heavy atom. The SMILES string of the molecule is Cc1cnc(Cl)nc1NCCCCC(F)(F)F. The molecule has 0 aliphatic carbocycles. The standard InChI is InChI=1S/C10H13ClF3N3/c1-7-6-16-9(11)17-8(7)15-5-3-2-4-10(12,13)14/h6H,2-5H2,1H3,(H,15,16,17). The molecule has 0 bridgehead atoms. The fraction of sp³-hybridized carbons (Fsp3) is 0.600. The predicted octanol–water partition coefficient (Wildman–Crippen LogP) is 3.58. The Balaban J connectivity index is 2.29. The van der Waals surface area contributed by atoms with Gasteiger partial charge in [-0.05, 0) is 31.4 Å². The molecule has 3 nitrogen and oxygen atoms in total. The smallest absolute Gasteiger partial charge is 0.370 e. The normalized spacial score (nSPS) is 11.6. The number of nitrogens with zero attached hydrogens (tertiary/aromatic N) is 2. The van der Waals surface area contributed by atoms with Gasteiger partial charge in [0.2, 0.25) is 5.28 Å². The Hall–Kier alpha value is -1.04. The summed E-state index contributed by atoms with van der Waals surface area (Å²) >= 11 is 5.61. The van der Waals surface area contributed by atoms with Crippen molar-refractivity contribution < 1.29 is 13.2 Å². The number of alkyl halides is 3. The average molecular weight is 268 g/mol. The summed E-state index contributed by atoms with van der Waals surface area (Å²) in [5.41, 5.74) is 0.810. The lowest BCUT2D eigenvalue weighted by molar-refractivity contribution is -0.135. The number of unbranched alkanes of at least 4 members (excludes halogenated alkanes) is 1. The molecule has 1 rings (SSSR count). The molecular weight excluding hydrogens is 255 g/mol. The summed E-state index contributed by atoms with van der Waals surface area (Å²) in [6.45, 7) is 2.23. The van der Waals surface area contributed by atoms with E-state index in [1.807, 2.05) is 0 Å². The monoisotopic (exact) mass is 267 g/mol. The van der Waals surface area contributed by atoms with Crippen molar-refractivity contribution in [2.45, 2.75) is 32.4 Å². The van der Waals surface area contributed by atoms with Crippen LogP contribution in [0.5, 0.6) is 0 Å². The number of nitrogens with one attached hydrogen (secondary N) is 1. The van der Waals surface area contributed by atoms with Crippen LogP contribution < -0.4 is 5.32 Å². The molecule has 0 amide bonds. The molecular formula is C10H13ClF3N3. The van der Waals surface area contributed by atoms with E-state index in [1.165, 1.54) is 0 Å². The first-order chi connectivity index (χ1) is 7.88. The molecule has 1 heterocycles. The topological polar surface area (TPSA) is 37.8 Å². The molecule has 0 radical (unpaired) electrons. The molecule has 0 saturated carbocycles. The summed E-state index contributed by atoms with van der Waals surface area (Å²) in [5, 5.41) is 3.06. The molecule has 17 heavy (non-hydrogen) atoms.